The Morgan fingerprint density at radius 2 is 1.27 bits per heavy atom. The molecule has 2 aliphatic rings. The van der Waals surface area contributed by atoms with E-state index in [0.717, 1.165) is 6.42 Å². The summed E-state index contributed by atoms with van der Waals surface area (Å²) in [6, 6.07) is 0. The zero-order valence-electron chi connectivity index (χ0n) is 16.1. The van der Waals surface area contributed by atoms with E-state index in [-0.39, 0.29) is 12.3 Å². The highest BCUT2D eigenvalue weighted by Crippen LogP contribution is 2.61. The van der Waals surface area contributed by atoms with Gasteiger partial charge in [-0.05, 0) is 25.2 Å². The standard InChI is InChI=1S/C9H15F3.C7H9F5.C2H6/c1-3-7(2)8(5-4-6-8)9(10,11)12;1-2-5(7(10,11)12)3-6(8,9)4-5;1-2/h7H,3-6H2,1-2H3;2-4H2,1H3;1-2H3. The summed E-state index contributed by atoms with van der Waals surface area (Å²) in [6.07, 6.45) is -8.77. The number of rotatable bonds is 3. The summed E-state index contributed by atoms with van der Waals surface area (Å²) in [5, 5.41) is 0. The first kappa shape index (κ1) is 25.4. The van der Waals surface area contributed by atoms with Gasteiger partial charge in [-0.15, -0.1) is 0 Å². The molecule has 0 bridgehead atoms. The van der Waals surface area contributed by atoms with E-state index in [1.165, 1.54) is 6.92 Å². The molecule has 158 valence electrons. The Labute approximate surface area is 150 Å². The summed E-state index contributed by atoms with van der Waals surface area (Å²) in [5.41, 5.74) is -3.45. The first-order valence-corrected chi connectivity index (χ1v) is 9.18. The second-order valence-electron chi connectivity index (χ2n) is 7.16. The molecule has 0 heterocycles. The summed E-state index contributed by atoms with van der Waals surface area (Å²) >= 11 is 0. The summed E-state index contributed by atoms with van der Waals surface area (Å²) < 4.78 is 98.8. The number of alkyl halides is 8. The van der Waals surface area contributed by atoms with Crippen LogP contribution < -0.4 is 0 Å². The van der Waals surface area contributed by atoms with Gasteiger partial charge in [0.15, 0.2) is 0 Å². The van der Waals surface area contributed by atoms with Gasteiger partial charge in [0.1, 0.15) is 0 Å². The van der Waals surface area contributed by atoms with E-state index in [9.17, 15) is 35.1 Å². The summed E-state index contributed by atoms with van der Waals surface area (Å²) in [7, 11) is 0. The van der Waals surface area contributed by atoms with Crippen molar-refractivity contribution in [2.24, 2.45) is 16.7 Å². The molecule has 26 heavy (non-hydrogen) atoms. The Hall–Kier alpha value is -0.560. The van der Waals surface area contributed by atoms with Crippen LogP contribution in [0.25, 0.3) is 0 Å². The molecule has 2 fully saturated rings. The summed E-state index contributed by atoms with van der Waals surface area (Å²) in [4.78, 5) is 0. The van der Waals surface area contributed by atoms with Crippen LogP contribution in [0.5, 0.6) is 0 Å². The van der Waals surface area contributed by atoms with Crippen LogP contribution >= 0.6 is 0 Å². The van der Waals surface area contributed by atoms with Gasteiger partial charge in [0, 0.05) is 12.8 Å². The van der Waals surface area contributed by atoms with Crippen LogP contribution in [-0.2, 0) is 0 Å². The first-order valence-electron chi connectivity index (χ1n) is 9.18. The molecule has 8 heteroatoms. The molecule has 2 saturated carbocycles. The van der Waals surface area contributed by atoms with Gasteiger partial charge < -0.3 is 0 Å². The van der Waals surface area contributed by atoms with Crippen molar-refractivity contribution in [3.8, 4) is 0 Å². The predicted octanol–water partition coefficient (Wildman–Crippen LogP) is 8.17. The number of hydrogen-bond acceptors (Lipinski definition) is 0. The quantitative estimate of drug-likeness (QED) is 0.421. The summed E-state index contributed by atoms with van der Waals surface area (Å²) in [6.45, 7) is 8.84. The molecule has 0 saturated heterocycles. The van der Waals surface area contributed by atoms with E-state index in [1.807, 2.05) is 20.8 Å². The van der Waals surface area contributed by atoms with Crippen LogP contribution in [0, 0.1) is 16.7 Å². The Morgan fingerprint density at radius 1 is 0.846 bits per heavy atom. The van der Waals surface area contributed by atoms with Crippen LogP contribution in [-0.4, -0.2) is 18.3 Å². The van der Waals surface area contributed by atoms with Crippen molar-refractivity contribution in [1.29, 1.82) is 0 Å². The molecule has 2 rings (SSSR count). The maximum Gasteiger partial charge on any atom is 0.394 e. The fourth-order valence-electron chi connectivity index (χ4n) is 3.59. The average Bonchev–Trinajstić information content (AvgIpc) is 2.42. The highest BCUT2D eigenvalue weighted by molar-refractivity contribution is 5.02. The zero-order chi connectivity index (χ0) is 21.0. The van der Waals surface area contributed by atoms with Gasteiger partial charge in [0.2, 0.25) is 5.92 Å². The minimum atomic E-state index is -4.48. The van der Waals surface area contributed by atoms with E-state index in [4.69, 9.17) is 0 Å². The lowest BCUT2D eigenvalue weighted by atomic mass is 9.60. The van der Waals surface area contributed by atoms with Gasteiger partial charge in [-0.25, -0.2) is 8.78 Å². The monoisotopic (exact) mass is 398 g/mol. The molecule has 0 N–H and O–H groups in total. The van der Waals surface area contributed by atoms with Crippen molar-refractivity contribution in [3.63, 3.8) is 0 Å². The Balaban J connectivity index is 0.000000439. The molecule has 0 aliphatic heterocycles. The smallest absolute Gasteiger partial charge is 0.207 e. The van der Waals surface area contributed by atoms with Crippen molar-refractivity contribution < 1.29 is 35.1 Å². The van der Waals surface area contributed by atoms with Gasteiger partial charge in [-0.2, -0.15) is 26.3 Å². The molecule has 1 atom stereocenters. The average molecular weight is 398 g/mol. The fraction of sp³-hybridized carbons (Fsp3) is 1.00. The van der Waals surface area contributed by atoms with Gasteiger partial charge in [-0.3, -0.25) is 0 Å². The lowest BCUT2D eigenvalue weighted by Gasteiger charge is -2.47. The van der Waals surface area contributed by atoms with Crippen LogP contribution in [0.15, 0.2) is 0 Å². The van der Waals surface area contributed by atoms with Crippen LogP contribution in [0.1, 0.15) is 79.6 Å². The highest BCUT2D eigenvalue weighted by Gasteiger charge is 2.68. The molecular weight excluding hydrogens is 368 g/mol. The molecule has 1 unspecified atom stereocenters. The van der Waals surface area contributed by atoms with Crippen molar-refractivity contribution in [1.82, 2.24) is 0 Å². The van der Waals surface area contributed by atoms with E-state index >= 15 is 0 Å². The zero-order valence-corrected chi connectivity index (χ0v) is 16.1. The second kappa shape index (κ2) is 8.63. The van der Waals surface area contributed by atoms with Crippen LogP contribution in [0.4, 0.5) is 35.1 Å². The summed E-state index contributed by atoms with van der Waals surface area (Å²) in [5.74, 6) is -3.32. The number of hydrogen-bond donors (Lipinski definition) is 0. The maximum absolute atomic E-state index is 12.6. The molecule has 0 radical (unpaired) electrons. The largest absolute Gasteiger partial charge is 0.394 e. The van der Waals surface area contributed by atoms with E-state index in [0.29, 0.717) is 19.3 Å². The topological polar surface area (TPSA) is 0 Å². The third-order valence-corrected chi connectivity index (χ3v) is 5.84. The maximum atomic E-state index is 12.6. The van der Waals surface area contributed by atoms with E-state index in [2.05, 4.69) is 0 Å². The minimum Gasteiger partial charge on any atom is -0.207 e. The minimum absolute atomic E-state index is 0.216. The predicted molar refractivity (Wildman–Crippen MR) is 86.1 cm³/mol. The van der Waals surface area contributed by atoms with Gasteiger partial charge in [0.25, 0.3) is 0 Å². The first-order chi connectivity index (χ1) is 11.7. The van der Waals surface area contributed by atoms with Gasteiger partial charge in [-0.1, -0.05) is 47.5 Å². The molecule has 0 nitrogen and oxygen atoms in total. The van der Waals surface area contributed by atoms with Crippen molar-refractivity contribution in [2.45, 2.75) is 97.8 Å². The molecule has 0 amide bonds. The second-order valence-corrected chi connectivity index (χ2v) is 7.16. The number of halogens is 8. The lowest BCUT2D eigenvalue weighted by molar-refractivity contribution is -0.310. The van der Waals surface area contributed by atoms with Crippen LogP contribution in [0.3, 0.4) is 0 Å². The molecule has 0 aromatic rings. The Kier molecular flexibility index (Phi) is 8.45. The van der Waals surface area contributed by atoms with Crippen LogP contribution in [0.2, 0.25) is 0 Å². The SMILES string of the molecule is CC.CCC(C)C1(C(F)(F)F)CCC1.CCC1(C(F)(F)F)CC(F)(F)C1. The van der Waals surface area contributed by atoms with Gasteiger partial charge in [0.05, 0.1) is 10.8 Å². The van der Waals surface area contributed by atoms with Crippen molar-refractivity contribution in [3.05, 3.63) is 0 Å². The van der Waals surface area contributed by atoms with E-state index in [1.54, 1.807) is 6.92 Å². The molecular formula is C18H30F8. The highest BCUT2D eigenvalue weighted by atomic mass is 19.4. The normalized spacial score (nSPS) is 23.9. The molecule has 0 aromatic heterocycles. The van der Waals surface area contributed by atoms with E-state index < -0.39 is 41.9 Å². The molecule has 2 aliphatic carbocycles. The van der Waals surface area contributed by atoms with Crippen molar-refractivity contribution >= 4 is 0 Å². The molecule has 0 spiro atoms. The van der Waals surface area contributed by atoms with Gasteiger partial charge >= 0.3 is 12.4 Å². The Morgan fingerprint density at radius 3 is 1.35 bits per heavy atom. The molecule has 0 aromatic carbocycles. The van der Waals surface area contributed by atoms with Crippen molar-refractivity contribution in [2.75, 3.05) is 0 Å². The third-order valence-electron chi connectivity index (χ3n) is 5.84. The third kappa shape index (κ3) is 5.03. The lowest BCUT2D eigenvalue weighted by Crippen LogP contribution is -2.54. The Bertz CT molecular complexity index is 410. The fourth-order valence-corrected chi connectivity index (χ4v) is 3.59.